The maximum Gasteiger partial charge on any atom is 0.223 e. The van der Waals surface area contributed by atoms with Crippen LogP contribution >= 0.6 is 0 Å². The predicted molar refractivity (Wildman–Crippen MR) is 67.9 cm³/mol. The zero-order valence-corrected chi connectivity index (χ0v) is 10.7. The first-order valence-electron chi connectivity index (χ1n) is 6.05. The van der Waals surface area contributed by atoms with E-state index >= 15 is 0 Å². The molecular weight excluding hydrogens is 198 g/mol. The fourth-order valence-corrected chi connectivity index (χ4v) is 1.76. The van der Waals surface area contributed by atoms with Crippen molar-refractivity contribution >= 4 is 5.91 Å². The summed E-state index contributed by atoms with van der Waals surface area (Å²) in [5.74, 6) is -0.124. The number of nitrogens with two attached hydrogens (primary N) is 1. The van der Waals surface area contributed by atoms with Gasteiger partial charge in [0.05, 0.1) is 5.41 Å². The number of amides is 1. The summed E-state index contributed by atoms with van der Waals surface area (Å²) in [5, 5.41) is 0. The van der Waals surface area contributed by atoms with Gasteiger partial charge in [0.1, 0.15) is 0 Å². The highest BCUT2D eigenvalue weighted by Gasteiger charge is 2.47. The van der Waals surface area contributed by atoms with Crippen LogP contribution in [0.4, 0.5) is 0 Å². The van der Waals surface area contributed by atoms with Crippen LogP contribution in [0.15, 0.2) is 23.3 Å². The molecule has 1 amide bonds. The lowest BCUT2D eigenvalue weighted by Gasteiger charge is -2.07. The monoisotopic (exact) mass is 221 g/mol. The molecule has 0 atom stereocenters. The molecule has 0 aromatic heterocycles. The normalized spacial score (nSPS) is 18.1. The molecule has 1 rings (SSSR count). The fourth-order valence-electron chi connectivity index (χ4n) is 1.76. The highest BCUT2D eigenvalue weighted by Crippen LogP contribution is 2.48. The Hall–Kier alpha value is -1.05. The first-order chi connectivity index (χ1) is 7.46. The van der Waals surface area contributed by atoms with Crippen molar-refractivity contribution in [2.45, 2.75) is 52.9 Å². The van der Waals surface area contributed by atoms with Gasteiger partial charge in [0.2, 0.25) is 5.91 Å². The molecule has 2 heteroatoms. The van der Waals surface area contributed by atoms with Crippen molar-refractivity contribution in [1.29, 1.82) is 0 Å². The van der Waals surface area contributed by atoms with E-state index in [2.05, 4.69) is 32.9 Å². The molecule has 0 aromatic rings. The van der Waals surface area contributed by atoms with Crippen LogP contribution in [0.1, 0.15) is 52.9 Å². The second-order valence-corrected chi connectivity index (χ2v) is 5.22. The number of carbonyl (C=O) groups excluding carboxylic acids is 1. The summed E-state index contributed by atoms with van der Waals surface area (Å²) >= 11 is 0. The minimum atomic E-state index is -0.183. The molecule has 0 heterocycles. The first-order valence-corrected chi connectivity index (χ1v) is 6.05. The van der Waals surface area contributed by atoms with Gasteiger partial charge in [0.15, 0.2) is 0 Å². The Morgan fingerprint density at radius 2 is 1.88 bits per heavy atom. The minimum absolute atomic E-state index is 0.124. The molecule has 0 aromatic carbocycles. The minimum Gasteiger partial charge on any atom is -0.369 e. The van der Waals surface area contributed by atoms with Crippen LogP contribution in [0, 0.1) is 5.41 Å². The zero-order chi connectivity index (χ0) is 12.2. The Kier molecular flexibility index (Phi) is 4.34. The molecule has 0 saturated heterocycles. The van der Waals surface area contributed by atoms with Crippen molar-refractivity contribution in [3.05, 3.63) is 23.3 Å². The quantitative estimate of drug-likeness (QED) is 0.687. The number of hydrogen-bond acceptors (Lipinski definition) is 1. The molecule has 2 nitrogen and oxygen atoms in total. The highest BCUT2D eigenvalue weighted by molar-refractivity contribution is 5.83. The van der Waals surface area contributed by atoms with E-state index in [1.807, 2.05) is 0 Å². The average molecular weight is 221 g/mol. The maximum atomic E-state index is 11.2. The molecule has 0 unspecified atom stereocenters. The van der Waals surface area contributed by atoms with Gasteiger partial charge in [0, 0.05) is 0 Å². The molecule has 0 aliphatic heterocycles. The highest BCUT2D eigenvalue weighted by atomic mass is 16.1. The molecule has 0 bridgehead atoms. The van der Waals surface area contributed by atoms with E-state index in [9.17, 15) is 4.79 Å². The standard InChI is InChI=1S/C14H23NO/c1-11(2)5-4-6-12(3)7-8-14(9-10-14)13(15)16/h5,7H,4,6,8-10H2,1-3H3,(H2,15,16). The third-order valence-corrected chi connectivity index (χ3v) is 3.31. The predicted octanol–water partition coefficient (Wildman–Crippen LogP) is 3.33. The van der Waals surface area contributed by atoms with Crippen molar-refractivity contribution in [3.63, 3.8) is 0 Å². The molecule has 0 spiro atoms. The van der Waals surface area contributed by atoms with Gasteiger partial charge in [-0.15, -0.1) is 0 Å². The van der Waals surface area contributed by atoms with Crippen molar-refractivity contribution in [2.24, 2.45) is 11.1 Å². The second-order valence-electron chi connectivity index (χ2n) is 5.22. The van der Waals surface area contributed by atoms with Crippen molar-refractivity contribution < 1.29 is 4.79 Å². The topological polar surface area (TPSA) is 43.1 Å². The summed E-state index contributed by atoms with van der Waals surface area (Å²) in [6.45, 7) is 6.37. The van der Waals surface area contributed by atoms with E-state index in [0.717, 1.165) is 32.1 Å². The van der Waals surface area contributed by atoms with Crippen molar-refractivity contribution in [3.8, 4) is 0 Å². The van der Waals surface area contributed by atoms with E-state index in [1.165, 1.54) is 11.1 Å². The van der Waals surface area contributed by atoms with E-state index < -0.39 is 0 Å². The number of rotatable bonds is 6. The summed E-state index contributed by atoms with van der Waals surface area (Å²) in [6, 6.07) is 0. The Labute approximate surface area is 98.6 Å². The Bertz CT molecular complexity index is 318. The van der Waals surface area contributed by atoms with Crippen LogP contribution in [-0.4, -0.2) is 5.91 Å². The fraction of sp³-hybridized carbons (Fsp3) is 0.643. The van der Waals surface area contributed by atoms with Gasteiger partial charge in [-0.05, 0) is 52.9 Å². The van der Waals surface area contributed by atoms with Crippen LogP contribution in [0.3, 0.4) is 0 Å². The molecule has 16 heavy (non-hydrogen) atoms. The molecule has 90 valence electrons. The van der Waals surface area contributed by atoms with Gasteiger partial charge in [-0.1, -0.05) is 23.3 Å². The number of carbonyl (C=O) groups is 1. The SMILES string of the molecule is CC(C)=CCCC(C)=CCC1(C(N)=O)CC1. The Morgan fingerprint density at radius 3 is 2.31 bits per heavy atom. The summed E-state index contributed by atoms with van der Waals surface area (Å²) in [6.07, 6.45) is 9.40. The third-order valence-electron chi connectivity index (χ3n) is 3.31. The first kappa shape index (κ1) is 13.0. The summed E-state index contributed by atoms with van der Waals surface area (Å²) < 4.78 is 0. The van der Waals surface area contributed by atoms with Gasteiger partial charge >= 0.3 is 0 Å². The molecule has 1 fully saturated rings. The Balaban J connectivity index is 2.34. The third kappa shape index (κ3) is 3.84. The van der Waals surface area contributed by atoms with E-state index in [1.54, 1.807) is 0 Å². The molecule has 1 saturated carbocycles. The van der Waals surface area contributed by atoms with Gasteiger partial charge in [0.25, 0.3) is 0 Å². The summed E-state index contributed by atoms with van der Waals surface area (Å²) in [4.78, 5) is 11.2. The van der Waals surface area contributed by atoms with Crippen LogP contribution < -0.4 is 5.73 Å². The van der Waals surface area contributed by atoms with Crippen molar-refractivity contribution in [1.82, 2.24) is 0 Å². The van der Waals surface area contributed by atoms with Gasteiger partial charge in [-0.3, -0.25) is 4.79 Å². The zero-order valence-electron chi connectivity index (χ0n) is 10.7. The lowest BCUT2D eigenvalue weighted by Crippen LogP contribution is -2.24. The van der Waals surface area contributed by atoms with E-state index in [4.69, 9.17) is 5.73 Å². The largest absolute Gasteiger partial charge is 0.369 e. The second kappa shape index (κ2) is 5.33. The van der Waals surface area contributed by atoms with E-state index in [0.29, 0.717) is 0 Å². The lowest BCUT2D eigenvalue weighted by atomic mass is 9.99. The number of allylic oxidation sites excluding steroid dienone is 4. The van der Waals surface area contributed by atoms with Gasteiger partial charge in [-0.2, -0.15) is 0 Å². The van der Waals surface area contributed by atoms with Crippen LogP contribution in [0.5, 0.6) is 0 Å². The number of hydrogen-bond donors (Lipinski definition) is 1. The van der Waals surface area contributed by atoms with E-state index in [-0.39, 0.29) is 11.3 Å². The molecule has 2 N–H and O–H groups in total. The average Bonchev–Trinajstić information content (AvgIpc) is 2.95. The smallest absolute Gasteiger partial charge is 0.223 e. The molecular formula is C14H23NO. The van der Waals surface area contributed by atoms with Crippen LogP contribution in [-0.2, 0) is 4.79 Å². The number of primary amides is 1. The van der Waals surface area contributed by atoms with Gasteiger partial charge < -0.3 is 5.73 Å². The van der Waals surface area contributed by atoms with Gasteiger partial charge in [-0.25, -0.2) is 0 Å². The lowest BCUT2D eigenvalue weighted by molar-refractivity contribution is -0.122. The van der Waals surface area contributed by atoms with Crippen molar-refractivity contribution in [2.75, 3.05) is 0 Å². The summed E-state index contributed by atoms with van der Waals surface area (Å²) in [7, 11) is 0. The molecule has 0 radical (unpaired) electrons. The van der Waals surface area contributed by atoms with Crippen LogP contribution in [0.2, 0.25) is 0 Å². The Morgan fingerprint density at radius 1 is 1.25 bits per heavy atom. The van der Waals surface area contributed by atoms with Crippen LogP contribution in [0.25, 0.3) is 0 Å². The molecule has 1 aliphatic carbocycles. The maximum absolute atomic E-state index is 11.2. The molecule has 1 aliphatic rings. The summed E-state index contributed by atoms with van der Waals surface area (Å²) in [5.41, 5.74) is 7.93.